The van der Waals surface area contributed by atoms with E-state index in [1.54, 1.807) is 78.4 Å². The molecule has 2 amide bonds. The third-order valence-corrected chi connectivity index (χ3v) is 26.5. The van der Waals surface area contributed by atoms with E-state index in [1.165, 1.54) is 78.9 Å². The quantitative estimate of drug-likeness (QED) is 0.0692. The third-order valence-electron chi connectivity index (χ3n) is 25.5. The number of amides is 2. The highest BCUT2D eigenvalue weighted by Crippen LogP contribution is 2.41. The molecule has 56 heteroatoms. The number of carbonyl (C=O) groups excluding carboxylic acids is 2. The monoisotopic (exact) mass is 2110 g/mol. The summed E-state index contributed by atoms with van der Waals surface area (Å²) in [4.78, 5) is 98.8. The van der Waals surface area contributed by atoms with Crippen LogP contribution >= 0.6 is 11.6 Å². The second kappa shape index (κ2) is 41.5. The van der Waals surface area contributed by atoms with Crippen LogP contribution in [0.4, 0.5) is 86.4 Å². The lowest BCUT2D eigenvalue weighted by Crippen LogP contribution is -2.49. The van der Waals surface area contributed by atoms with Gasteiger partial charge < -0.3 is 45.4 Å². The lowest BCUT2D eigenvalue weighted by atomic mass is 9.80. The molecule has 7 atom stereocenters. The molecule has 0 spiro atoms. The van der Waals surface area contributed by atoms with Crippen LogP contribution in [0.5, 0.6) is 0 Å². The van der Waals surface area contributed by atoms with Gasteiger partial charge in [-0.3, -0.25) is 35.8 Å². The molecule has 22 heterocycles. The van der Waals surface area contributed by atoms with Gasteiger partial charge in [-0.15, -0.1) is 20.4 Å². The summed E-state index contributed by atoms with van der Waals surface area (Å²) in [6.45, 7) is 15.3. The van der Waals surface area contributed by atoms with E-state index >= 15 is 0 Å². The van der Waals surface area contributed by atoms with E-state index in [2.05, 4.69) is 127 Å². The number of anilines is 5. The van der Waals surface area contributed by atoms with Gasteiger partial charge in [-0.25, -0.2) is 83.5 Å². The fourth-order valence-electron chi connectivity index (χ4n) is 17.9. The summed E-state index contributed by atoms with van der Waals surface area (Å²) < 4.78 is 207. The Kier molecular flexibility index (Phi) is 28.7. The summed E-state index contributed by atoms with van der Waals surface area (Å²) >= 11 is 5.94. The van der Waals surface area contributed by atoms with Crippen LogP contribution < -0.4 is 36.0 Å². The van der Waals surface area contributed by atoms with Crippen LogP contribution in [0, 0.1) is 22.6 Å². The number of fused-ring (bicyclic) bond motifs is 5. The number of piperidine rings is 3. The van der Waals surface area contributed by atoms with Crippen molar-refractivity contribution >= 4 is 90.7 Å². The standard InChI is InChI=1S/C19H22ClFN6OS.2C19H19F3N6O.2C18H16F3N9O/c1-12-6-13(25-29(2,3)28)10-26(9-12)17-4-5-22-19(24-17)16-8-23-18-7-15(21)14(20)11-27(16)18;1-18(17(23)29)6-2-8-27(11-18)15-5-7-24-16(26-15)13-9-25-14-4-3-12(10-28(13)14)19(20,21)22;1-18(17(23)29)5-8-27(9-6-18)15-4-7-24-16(26-15)13-10-25-14-3-2-12(11-28(13)14)19(20,21)22;2*1-10-7-29(9-14(31-10)16-25-27-28-26-16)17-22-5-4-12(24-17)13-6-23-15-3-2-11(8-30(13)15)18(19,20)21/h4-5,7-8,11-13H,6,9-10H2,1-3H3;3-5,7,9-10H,2,6,8,11H2,1H3,(H2,23,29);2-4,7,10-11H,5-6,8-9H2,1H3,(H2,23,29);2*2-6,8,10,14H,7,9H2,1H3,(H,25,26,27,28)/t12-,13+;;;2*10-,14-/m1..10/s1. The molecule has 22 rings (SSSR count). The zero-order valence-electron chi connectivity index (χ0n) is 80.0. The third kappa shape index (κ3) is 23.3. The minimum Gasteiger partial charge on any atom is -0.369 e. The molecule has 5 aliphatic heterocycles. The van der Waals surface area contributed by atoms with Crippen molar-refractivity contribution < 1.29 is 80.3 Å². The summed E-state index contributed by atoms with van der Waals surface area (Å²) in [5.74, 6) is 3.88. The number of halogens is 14. The van der Waals surface area contributed by atoms with Gasteiger partial charge >= 0.3 is 24.7 Å². The van der Waals surface area contributed by atoms with Crippen molar-refractivity contribution in [2.75, 3.05) is 102 Å². The molecule has 41 nitrogen and oxygen atoms in total. The Balaban J connectivity index is 0.000000122. The molecule has 0 radical (unpaired) electrons. The summed E-state index contributed by atoms with van der Waals surface area (Å²) in [5.41, 5.74) is 11.8. The summed E-state index contributed by atoms with van der Waals surface area (Å²) in [5, 5.41) is 27.9. The van der Waals surface area contributed by atoms with Gasteiger partial charge in [0.25, 0.3) is 0 Å². The van der Waals surface area contributed by atoms with Crippen LogP contribution in [0.1, 0.15) is 113 Å². The van der Waals surface area contributed by atoms with Gasteiger partial charge in [0, 0.05) is 148 Å². The number of hydrogen-bond donors (Lipinski definition) is 4. The Morgan fingerprint density at radius 2 is 0.826 bits per heavy atom. The lowest BCUT2D eigenvalue weighted by Gasteiger charge is -2.38. The summed E-state index contributed by atoms with van der Waals surface area (Å²) in [6.07, 6.45) is 8.85. The highest BCUT2D eigenvalue weighted by molar-refractivity contribution is 7.92. The first kappa shape index (κ1) is 103. The number of tetrazole rings is 2. The molecule has 5 fully saturated rings. The first-order valence-electron chi connectivity index (χ1n) is 46.3. The average molecular weight is 2110 g/mol. The van der Waals surface area contributed by atoms with E-state index in [0.29, 0.717) is 193 Å². The smallest absolute Gasteiger partial charge is 0.369 e. The lowest BCUT2D eigenvalue weighted by molar-refractivity contribution is -0.138. The molecule has 0 bridgehead atoms. The molecular formula is C93H92ClF13N36O5S. The highest BCUT2D eigenvalue weighted by atomic mass is 35.5. The number of rotatable bonds is 15. The molecule has 0 saturated carbocycles. The number of nitrogens with one attached hydrogen (secondary N) is 2. The minimum atomic E-state index is -4.47. The second-order valence-corrected chi connectivity index (χ2v) is 39.9. The van der Waals surface area contributed by atoms with Crippen molar-refractivity contribution in [3.8, 4) is 57.3 Å². The Labute approximate surface area is 841 Å². The van der Waals surface area contributed by atoms with Gasteiger partial charge in [-0.1, -0.05) is 35.9 Å². The zero-order valence-corrected chi connectivity index (χ0v) is 81.6. The maximum Gasteiger partial charge on any atom is 0.417 e. The first-order chi connectivity index (χ1) is 70.8. The molecule has 6 N–H and O–H groups in total. The molecule has 149 heavy (non-hydrogen) atoms. The molecule has 17 aromatic heterocycles. The van der Waals surface area contributed by atoms with Crippen LogP contribution in [-0.2, 0) is 53.5 Å². The Morgan fingerprint density at radius 3 is 1.22 bits per heavy atom. The van der Waals surface area contributed by atoms with Crippen LogP contribution in [0.3, 0.4) is 0 Å². The van der Waals surface area contributed by atoms with E-state index < -0.39 is 85.5 Å². The van der Waals surface area contributed by atoms with E-state index in [1.807, 2.05) is 53.4 Å². The predicted molar refractivity (Wildman–Crippen MR) is 515 cm³/mol. The second-order valence-electron chi connectivity index (χ2n) is 37.0. The number of alkyl halides is 12. The van der Waals surface area contributed by atoms with E-state index in [-0.39, 0.29) is 46.7 Å². The number of H-pyrrole nitrogens is 2. The molecule has 5 saturated heterocycles. The Morgan fingerprint density at radius 1 is 0.443 bits per heavy atom. The Bertz CT molecular complexity index is 7670. The van der Waals surface area contributed by atoms with Gasteiger partial charge in [0.05, 0.1) is 118 Å². The number of nitrogens with two attached hydrogens (primary N) is 2. The van der Waals surface area contributed by atoms with Crippen molar-refractivity contribution in [3.63, 3.8) is 0 Å². The van der Waals surface area contributed by atoms with Crippen LogP contribution in [0.25, 0.3) is 85.6 Å². The van der Waals surface area contributed by atoms with Gasteiger partial charge in [-0.2, -0.15) is 63.1 Å². The number of imidazole rings is 5. The van der Waals surface area contributed by atoms with Gasteiger partial charge in [0.1, 0.15) is 80.8 Å². The normalized spacial score (nSPS) is 19.4. The van der Waals surface area contributed by atoms with Crippen molar-refractivity contribution in [1.82, 2.24) is 138 Å². The minimum absolute atomic E-state index is 0.00255. The maximum absolute atomic E-state index is 13.7. The first-order valence-corrected chi connectivity index (χ1v) is 49.0. The van der Waals surface area contributed by atoms with Crippen molar-refractivity contribution in [1.29, 1.82) is 0 Å². The van der Waals surface area contributed by atoms with Crippen LogP contribution in [0.2, 0.25) is 5.02 Å². The molecular weight excluding hydrogens is 2020 g/mol. The number of aromatic amines is 2. The molecule has 0 aliphatic carbocycles. The summed E-state index contributed by atoms with van der Waals surface area (Å²) in [6, 6.07) is 19.1. The van der Waals surface area contributed by atoms with E-state index in [9.17, 15) is 70.9 Å². The summed E-state index contributed by atoms with van der Waals surface area (Å²) in [7, 11) is -2.17. The fraction of sp³-hybridized carbons (Fsp3) is 0.366. The molecule has 17 aromatic rings. The fourth-order valence-corrected chi connectivity index (χ4v) is 18.9. The maximum atomic E-state index is 13.7. The number of carbonyl (C=O) groups is 2. The number of pyridine rings is 5. The van der Waals surface area contributed by atoms with Gasteiger partial charge in [-0.05, 0) is 138 Å². The van der Waals surface area contributed by atoms with Gasteiger partial charge in [0.15, 0.2) is 17.5 Å². The molecule has 1 unspecified atom stereocenters. The SMILES string of the molecule is CC1(C(N)=O)CCCN(c2ccnc(-c3cnc4ccc(C(F)(F)F)cn34)n2)C1.CC1(C(N)=O)CCN(c2ccnc(-c3cnc4ccc(C(F)(F)F)cn34)n2)CC1.C[C@@H]1CN(c2nccc(-c3cnc4ccc(C(F)(F)F)cn34)n2)C[C@H](c2nn[nH]n2)O1.C[C@@H]1C[C@H](N=S(C)(C)=O)CN(c2ccnc(-c3cnc4cc(F)c(Cl)cn34)n2)C1.C[C@H]1CN(c2nccc(-c3cnc4ccc(C(F)(F)F)cn34)n2)C[C@@H](c2nn[nH]n2)O1. The number of ether oxygens (including phenoxy) is 2. The number of hydrogen-bond acceptors (Lipinski definition) is 32. The van der Waals surface area contributed by atoms with E-state index in [0.717, 1.165) is 74.3 Å². The topological polar surface area (TPSA) is 475 Å². The molecule has 778 valence electrons. The predicted octanol–water partition coefficient (Wildman–Crippen LogP) is 13.9. The van der Waals surface area contributed by atoms with Crippen molar-refractivity contribution in [3.05, 3.63) is 223 Å². The number of aromatic nitrogens is 28. The van der Waals surface area contributed by atoms with Crippen LogP contribution in [-0.4, -0.2) is 250 Å². The van der Waals surface area contributed by atoms with Crippen LogP contribution in [0.15, 0.2) is 182 Å². The Hall–Kier alpha value is -15.8. The number of nitrogens with zero attached hydrogens (tertiary/aromatic N) is 32. The van der Waals surface area contributed by atoms with Crippen molar-refractivity contribution in [2.45, 2.75) is 122 Å². The molecule has 5 aliphatic rings. The van der Waals surface area contributed by atoms with Gasteiger partial charge in [0.2, 0.25) is 35.4 Å². The number of morpholine rings is 2. The average Bonchev–Trinajstić information content (AvgIpc) is 1.31. The largest absolute Gasteiger partial charge is 0.417 e. The molecule has 0 aromatic carbocycles. The zero-order chi connectivity index (χ0) is 106. The highest BCUT2D eigenvalue weighted by Gasteiger charge is 2.42. The van der Waals surface area contributed by atoms with Crippen molar-refractivity contribution in [2.24, 2.45) is 32.6 Å². The van der Waals surface area contributed by atoms with E-state index in [4.69, 9.17) is 37.5 Å². The number of primary amides is 2.